The van der Waals surface area contributed by atoms with Crippen molar-refractivity contribution in [3.05, 3.63) is 23.0 Å². The van der Waals surface area contributed by atoms with Crippen LogP contribution in [-0.4, -0.2) is 27.3 Å². The van der Waals surface area contributed by atoms with Gasteiger partial charge < -0.3 is 9.47 Å². The van der Waals surface area contributed by atoms with Gasteiger partial charge in [0.15, 0.2) is 0 Å². The quantitative estimate of drug-likeness (QED) is 0.669. The van der Waals surface area contributed by atoms with E-state index in [9.17, 15) is 4.79 Å². The molecule has 1 amide bonds. The monoisotopic (exact) mass is 294 g/mol. The molecule has 1 aliphatic heterocycles. The van der Waals surface area contributed by atoms with Gasteiger partial charge in [-0.15, -0.1) is 11.7 Å². The second kappa shape index (κ2) is 4.22. The topological polar surface area (TPSA) is 25.2 Å². The molecule has 0 N–H and O–H groups in total. The van der Waals surface area contributed by atoms with Crippen molar-refractivity contribution < 1.29 is 4.79 Å². The zero-order valence-corrected chi connectivity index (χ0v) is 12.7. The number of carbonyl (C=O) groups is 1. The number of carbonyl (C=O) groups excluding carboxylic acids is 1. The molecule has 5 heteroatoms. The maximum absolute atomic E-state index is 12.6. The van der Waals surface area contributed by atoms with Crippen molar-refractivity contribution in [3.8, 4) is 0 Å². The summed E-state index contributed by atoms with van der Waals surface area (Å²) in [6, 6.07) is 2.18. The normalized spacial score (nSPS) is 29.6. The minimum absolute atomic E-state index is 0.144. The van der Waals surface area contributed by atoms with Gasteiger partial charge in [-0.1, -0.05) is 10.8 Å². The fourth-order valence-electron chi connectivity index (χ4n) is 4.16. The van der Waals surface area contributed by atoms with E-state index in [1.54, 1.807) is 0 Å². The lowest BCUT2D eigenvalue weighted by molar-refractivity contribution is 0.0694. The molecule has 2 heterocycles. The van der Waals surface area contributed by atoms with Crippen molar-refractivity contribution in [2.45, 2.75) is 49.9 Å². The third kappa shape index (κ3) is 1.57. The number of thiol groups is 1. The summed E-state index contributed by atoms with van der Waals surface area (Å²) in [4.78, 5) is 14.6. The van der Waals surface area contributed by atoms with Gasteiger partial charge in [0.2, 0.25) is 0 Å². The second-order valence-corrected chi connectivity index (χ2v) is 7.46. The van der Waals surface area contributed by atoms with E-state index in [0.717, 1.165) is 30.6 Å². The summed E-state index contributed by atoms with van der Waals surface area (Å²) in [5, 5.41) is 0.144. The van der Waals surface area contributed by atoms with E-state index in [0.29, 0.717) is 0 Å². The van der Waals surface area contributed by atoms with E-state index in [-0.39, 0.29) is 11.3 Å². The fraction of sp³-hybridized carbons (Fsp3) is 0.643. The Morgan fingerprint density at radius 2 is 2.16 bits per heavy atom. The summed E-state index contributed by atoms with van der Waals surface area (Å²) >= 11 is 4.25. The van der Waals surface area contributed by atoms with E-state index in [2.05, 4.69) is 22.3 Å². The van der Waals surface area contributed by atoms with Crippen molar-refractivity contribution in [2.75, 3.05) is 6.54 Å². The second-order valence-electron chi connectivity index (χ2n) is 5.93. The van der Waals surface area contributed by atoms with Crippen LogP contribution in [0.15, 0.2) is 6.07 Å². The summed E-state index contributed by atoms with van der Waals surface area (Å²) < 4.78 is 2.31. The average molecular weight is 294 g/mol. The van der Waals surface area contributed by atoms with Crippen LogP contribution in [0.25, 0.3) is 0 Å². The smallest absolute Gasteiger partial charge is 0.271 e. The highest BCUT2D eigenvalue weighted by Gasteiger charge is 2.42. The van der Waals surface area contributed by atoms with E-state index in [1.165, 1.54) is 41.3 Å². The first-order valence-electron chi connectivity index (χ1n) is 7.05. The number of hydrogen-bond acceptors (Lipinski definition) is 3. The molecule has 3 unspecified atom stereocenters. The van der Waals surface area contributed by atoms with Crippen molar-refractivity contribution in [1.82, 2.24) is 9.47 Å². The fourth-order valence-corrected chi connectivity index (χ4v) is 4.81. The molecule has 4 rings (SSSR count). The van der Waals surface area contributed by atoms with Crippen LogP contribution < -0.4 is 0 Å². The number of amides is 1. The van der Waals surface area contributed by atoms with Crippen LogP contribution in [-0.2, 0) is 6.54 Å². The minimum atomic E-state index is 0.144. The van der Waals surface area contributed by atoms with E-state index in [4.69, 9.17) is 0 Å². The molecule has 1 aromatic heterocycles. The lowest BCUT2D eigenvalue weighted by Crippen LogP contribution is -2.44. The minimum Gasteiger partial charge on any atom is -0.338 e. The number of nitrogens with zero attached hydrogens (tertiary/aromatic N) is 2. The molecular weight excluding hydrogens is 276 g/mol. The lowest BCUT2D eigenvalue weighted by Gasteiger charge is -2.33. The predicted molar refractivity (Wildman–Crippen MR) is 80.8 cm³/mol. The Morgan fingerprint density at radius 1 is 1.37 bits per heavy atom. The number of rotatable bonds is 2. The first-order valence-corrected chi connectivity index (χ1v) is 8.98. The summed E-state index contributed by atoms with van der Waals surface area (Å²) in [5.41, 5.74) is 3.89. The molecule has 3 atom stereocenters. The molecule has 0 saturated heterocycles. The first kappa shape index (κ1) is 12.2. The van der Waals surface area contributed by atoms with Crippen molar-refractivity contribution in [2.24, 2.45) is 0 Å². The molecule has 3 aliphatic rings. The number of hydrogen-bond donors (Lipinski definition) is 1. The van der Waals surface area contributed by atoms with Gasteiger partial charge in [0.25, 0.3) is 5.91 Å². The SMILES string of the molecule is CC(SS)N1CCn2c(cc3c2C2CCC3C2)C1=O. The summed E-state index contributed by atoms with van der Waals surface area (Å²) in [6.07, 6.45) is 3.97. The van der Waals surface area contributed by atoms with Crippen molar-refractivity contribution in [1.29, 1.82) is 0 Å². The molecule has 3 nitrogen and oxygen atoms in total. The molecule has 19 heavy (non-hydrogen) atoms. The van der Waals surface area contributed by atoms with E-state index in [1.807, 2.05) is 11.8 Å². The van der Waals surface area contributed by atoms with Gasteiger partial charge in [0.05, 0.1) is 5.37 Å². The van der Waals surface area contributed by atoms with E-state index < -0.39 is 0 Å². The average Bonchev–Trinajstić information content (AvgIpc) is 3.09. The van der Waals surface area contributed by atoms with Gasteiger partial charge in [0.1, 0.15) is 5.69 Å². The Morgan fingerprint density at radius 3 is 2.95 bits per heavy atom. The highest BCUT2D eigenvalue weighted by Crippen LogP contribution is 2.54. The highest BCUT2D eigenvalue weighted by molar-refractivity contribution is 8.68. The zero-order valence-electron chi connectivity index (χ0n) is 11.0. The third-order valence-electron chi connectivity index (χ3n) is 5.06. The van der Waals surface area contributed by atoms with Crippen LogP contribution in [0.1, 0.15) is 59.8 Å². The molecule has 1 saturated carbocycles. The summed E-state index contributed by atoms with van der Waals surface area (Å²) in [7, 11) is 1.44. The van der Waals surface area contributed by atoms with Gasteiger partial charge in [0, 0.05) is 24.7 Å². The Balaban J connectivity index is 1.75. The highest BCUT2D eigenvalue weighted by atomic mass is 33.1. The Kier molecular flexibility index (Phi) is 2.71. The van der Waals surface area contributed by atoms with Crippen molar-refractivity contribution in [3.63, 3.8) is 0 Å². The Hall–Kier alpha value is -0.550. The summed E-state index contributed by atoms with van der Waals surface area (Å²) in [5.74, 6) is 1.65. The van der Waals surface area contributed by atoms with Crippen LogP contribution in [0.4, 0.5) is 0 Å². The van der Waals surface area contributed by atoms with Crippen LogP contribution in [0.5, 0.6) is 0 Å². The van der Waals surface area contributed by atoms with Gasteiger partial charge in [-0.2, -0.15) is 0 Å². The van der Waals surface area contributed by atoms with Gasteiger partial charge in [-0.3, -0.25) is 4.79 Å². The molecule has 2 bridgehead atoms. The number of aromatic nitrogens is 1. The summed E-state index contributed by atoms with van der Waals surface area (Å²) in [6.45, 7) is 3.82. The predicted octanol–water partition coefficient (Wildman–Crippen LogP) is 3.23. The molecule has 0 radical (unpaired) electrons. The van der Waals surface area contributed by atoms with Gasteiger partial charge in [-0.25, -0.2) is 0 Å². The maximum atomic E-state index is 12.6. The molecule has 1 aromatic rings. The molecule has 102 valence electrons. The van der Waals surface area contributed by atoms with Crippen LogP contribution in [0.3, 0.4) is 0 Å². The van der Waals surface area contributed by atoms with E-state index >= 15 is 0 Å². The maximum Gasteiger partial charge on any atom is 0.271 e. The lowest BCUT2D eigenvalue weighted by atomic mass is 9.98. The molecule has 0 aromatic carbocycles. The third-order valence-corrected chi connectivity index (χ3v) is 6.54. The molecule has 0 spiro atoms. The Labute approximate surface area is 122 Å². The van der Waals surface area contributed by atoms with Crippen molar-refractivity contribution >= 4 is 28.4 Å². The molecule has 2 aliphatic carbocycles. The van der Waals surface area contributed by atoms with Gasteiger partial charge in [-0.05, 0) is 43.7 Å². The van der Waals surface area contributed by atoms with Gasteiger partial charge >= 0.3 is 0 Å². The van der Waals surface area contributed by atoms with Crippen LogP contribution >= 0.6 is 22.5 Å². The number of fused-ring (bicyclic) bond motifs is 7. The molecule has 1 fully saturated rings. The van der Waals surface area contributed by atoms with Crippen LogP contribution in [0, 0.1) is 0 Å². The first-order chi connectivity index (χ1) is 9.20. The largest absolute Gasteiger partial charge is 0.338 e. The molecular formula is C14H18N2OS2. The van der Waals surface area contributed by atoms with Crippen LogP contribution in [0.2, 0.25) is 0 Å². The standard InChI is InChI=1S/C14H18N2OS2/c1-8(19-18)15-4-5-16-12(14(15)17)7-11-9-2-3-10(6-9)13(11)16/h7-10,18H,2-6H2,1H3. The zero-order chi connectivity index (χ0) is 13.1. The Bertz CT molecular complexity index is 554.